The zero-order valence-electron chi connectivity index (χ0n) is 21.9. The first-order valence-electron chi connectivity index (χ1n) is 11.9. The number of Topliss-reactive ketones (excluding diaryl/α,β-unsaturated/α-hetero) is 1. The minimum atomic E-state index is -0.912. The molecular weight excluding hydrogens is 470 g/mol. The van der Waals surface area contributed by atoms with Crippen LogP contribution >= 0.6 is 0 Å². The molecule has 1 aliphatic heterocycles. The number of benzene rings is 3. The number of anilines is 1. The number of hydrogen-bond donors (Lipinski definition) is 1. The molecule has 1 saturated heterocycles. The van der Waals surface area contributed by atoms with E-state index in [1.807, 2.05) is 24.3 Å². The second-order valence-corrected chi connectivity index (χ2v) is 9.78. The van der Waals surface area contributed by atoms with Gasteiger partial charge in [0.2, 0.25) is 0 Å². The largest absolute Gasteiger partial charge is 0.506 e. The van der Waals surface area contributed by atoms with Gasteiger partial charge in [0.15, 0.2) is 0 Å². The molecule has 1 aliphatic rings. The van der Waals surface area contributed by atoms with E-state index in [4.69, 9.17) is 14.2 Å². The Kier molecular flexibility index (Phi) is 6.99. The number of rotatable bonds is 6. The second kappa shape index (κ2) is 10.0. The van der Waals surface area contributed by atoms with E-state index < -0.39 is 17.7 Å². The average molecular weight is 502 g/mol. The van der Waals surface area contributed by atoms with Gasteiger partial charge in [-0.2, -0.15) is 0 Å². The fourth-order valence-corrected chi connectivity index (χ4v) is 4.57. The maximum atomic E-state index is 13.5. The molecule has 1 atom stereocenters. The van der Waals surface area contributed by atoms with Gasteiger partial charge in [0.05, 0.1) is 32.9 Å². The summed E-state index contributed by atoms with van der Waals surface area (Å²) in [7, 11) is 4.46. The van der Waals surface area contributed by atoms with Crippen molar-refractivity contribution in [3.8, 4) is 17.2 Å². The van der Waals surface area contributed by atoms with Crippen molar-refractivity contribution in [3.05, 3.63) is 89.0 Å². The van der Waals surface area contributed by atoms with E-state index in [-0.39, 0.29) is 22.3 Å². The molecule has 7 heteroatoms. The number of amides is 1. The highest BCUT2D eigenvalue weighted by molar-refractivity contribution is 6.51. The van der Waals surface area contributed by atoms with Crippen molar-refractivity contribution in [3.63, 3.8) is 0 Å². The lowest BCUT2D eigenvalue weighted by Crippen LogP contribution is -2.29. The van der Waals surface area contributed by atoms with E-state index in [1.165, 1.54) is 19.1 Å². The van der Waals surface area contributed by atoms with Gasteiger partial charge in [-0.15, -0.1) is 0 Å². The number of aliphatic hydroxyl groups excluding tert-OH is 1. The standard InChI is InChI=1S/C30H31NO6/c1-30(2,3)19-13-15-20(16-14-19)31-26(18-9-7-10-21(17-18)35-4)25(28(33)29(31)34)27(32)24-22(36-5)11-8-12-23(24)37-6/h7-17,26,32H,1-6H3/b27-25+. The highest BCUT2D eigenvalue weighted by Gasteiger charge is 2.47. The predicted molar refractivity (Wildman–Crippen MR) is 142 cm³/mol. The highest BCUT2D eigenvalue weighted by atomic mass is 16.5. The number of methoxy groups -OCH3 is 3. The molecule has 0 saturated carbocycles. The van der Waals surface area contributed by atoms with Crippen molar-refractivity contribution in [1.82, 2.24) is 0 Å². The van der Waals surface area contributed by atoms with Crippen LogP contribution in [0.1, 0.15) is 43.5 Å². The summed E-state index contributed by atoms with van der Waals surface area (Å²) in [6.45, 7) is 6.31. The lowest BCUT2D eigenvalue weighted by molar-refractivity contribution is -0.132. The molecule has 4 rings (SSSR count). The summed E-state index contributed by atoms with van der Waals surface area (Å²) in [5.74, 6) is -0.760. The average Bonchev–Trinajstić information content (AvgIpc) is 3.17. The van der Waals surface area contributed by atoms with Crippen LogP contribution in [0.5, 0.6) is 17.2 Å². The summed E-state index contributed by atoms with van der Waals surface area (Å²) >= 11 is 0. The van der Waals surface area contributed by atoms with Crippen molar-refractivity contribution in [1.29, 1.82) is 0 Å². The molecule has 1 N–H and O–H groups in total. The summed E-state index contributed by atoms with van der Waals surface area (Å²) in [6.07, 6.45) is 0. The summed E-state index contributed by atoms with van der Waals surface area (Å²) in [4.78, 5) is 28.5. The fraction of sp³-hybridized carbons (Fsp3) is 0.267. The van der Waals surface area contributed by atoms with Gasteiger partial charge in [0.25, 0.3) is 11.7 Å². The van der Waals surface area contributed by atoms with E-state index in [0.717, 1.165) is 5.56 Å². The van der Waals surface area contributed by atoms with E-state index in [9.17, 15) is 14.7 Å². The second-order valence-electron chi connectivity index (χ2n) is 9.78. The number of ether oxygens (including phenoxy) is 3. The molecule has 1 unspecified atom stereocenters. The Balaban J connectivity index is 1.98. The molecule has 37 heavy (non-hydrogen) atoms. The van der Waals surface area contributed by atoms with Crippen LogP contribution in [0.25, 0.3) is 5.76 Å². The molecule has 1 fully saturated rings. The third-order valence-corrected chi connectivity index (χ3v) is 6.53. The first-order valence-corrected chi connectivity index (χ1v) is 11.9. The minimum Gasteiger partial charge on any atom is -0.506 e. The van der Waals surface area contributed by atoms with Crippen LogP contribution in [0.3, 0.4) is 0 Å². The molecule has 1 amide bonds. The van der Waals surface area contributed by atoms with Gasteiger partial charge >= 0.3 is 0 Å². The van der Waals surface area contributed by atoms with Crippen molar-refractivity contribution < 1.29 is 28.9 Å². The summed E-state index contributed by atoms with van der Waals surface area (Å²) < 4.78 is 16.3. The molecule has 0 spiro atoms. The molecule has 7 nitrogen and oxygen atoms in total. The molecule has 0 radical (unpaired) electrons. The summed E-state index contributed by atoms with van der Waals surface area (Å²) in [6, 6.07) is 18.7. The molecule has 3 aromatic rings. The Bertz CT molecular complexity index is 1350. The lowest BCUT2D eigenvalue weighted by Gasteiger charge is -2.27. The zero-order chi connectivity index (χ0) is 26.9. The third kappa shape index (κ3) is 4.65. The van der Waals surface area contributed by atoms with Gasteiger partial charge in [-0.1, -0.05) is 51.1 Å². The number of aliphatic hydroxyl groups is 1. The van der Waals surface area contributed by atoms with Crippen molar-refractivity contribution in [2.24, 2.45) is 0 Å². The lowest BCUT2D eigenvalue weighted by atomic mass is 9.87. The van der Waals surface area contributed by atoms with Crippen LogP contribution in [-0.4, -0.2) is 38.1 Å². The number of hydrogen-bond acceptors (Lipinski definition) is 6. The van der Waals surface area contributed by atoms with E-state index in [2.05, 4.69) is 20.8 Å². The van der Waals surface area contributed by atoms with Crippen molar-refractivity contribution in [2.75, 3.05) is 26.2 Å². The van der Waals surface area contributed by atoms with Crippen LogP contribution in [0.4, 0.5) is 5.69 Å². The SMILES string of the molecule is COc1cccc(C2/C(=C(\O)c3c(OC)cccc3OC)C(=O)C(=O)N2c2ccc(C(C)(C)C)cc2)c1. The fourth-order valence-electron chi connectivity index (χ4n) is 4.57. The monoisotopic (exact) mass is 501 g/mol. The zero-order valence-corrected chi connectivity index (χ0v) is 21.9. The van der Waals surface area contributed by atoms with E-state index in [1.54, 1.807) is 49.6 Å². The van der Waals surface area contributed by atoms with Crippen LogP contribution in [0, 0.1) is 0 Å². The van der Waals surface area contributed by atoms with Gasteiger partial charge in [-0.3, -0.25) is 14.5 Å². The van der Waals surface area contributed by atoms with Crippen LogP contribution in [0.2, 0.25) is 0 Å². The number of nitrogens with zero attached hydrogens (tertiary/aromatic N) is 1. The molecule has 0 aliphatic carbocycles. The third-order valence-electron chi connectivity index (χ3n) is 6.53. The van der Waals surface area contributed by atoms with Crippen molar-refractivity contribution >= 4 is 23.1 Å². The summed E-state index contributed by atoms with van der Waals surface area (Å²) in [5, 5.41) is 11.6. The van der Waals surface area contributed by atoms with Gasteiger partial charge in [-0.25, -0.2) is 0 Å². The van der Waals surface area contributed by atoms with Gasteiger partial charge < -0.3 is 19.3 Å². The minimum absolute atomic E-state index is 0.0686. The van der Waals surface area contributed by atoms with E-state index in [0.29, 0.717) is 28.5 Å². The van der Waals surface area contributed by atoms with Crippen LogP contribution in [-0.2, 0) is 15.0 Å². The first kappa shape index (κ1) is 25.8. The van der Waals surface area contributed by atoms with Gasteiger partial charge in [0, 0.05) is 5.69 Å². The van der Waals surface area contributed by atoms with Crippen molar-refractivity contribution in [2.45, 2.75) is 32.2 Å². The Hall–Kier alpha value is -4.26. The molecule has 1 heterocycles. The molecule has 0 aromatic heterocycles. The van der Waals surface area contributed by atoms with Gasteiger partial charge in [-0.05, 0) is 52.9 Å². The normalized spacial score (nSPS) is 17.1. The Morgan fingerprint density at radius 1 is 0.838 bits per heavy atom. The van der Waals surface area contributed by atoms with Gasteiger partial charge in [0.1, 0.15) is 28.6 Å². The molecule has 3 aromatic carbocycles. The maximum absolute atomic E-state index is 13.5. The van der Waals surface area contributed by atoms with Crippen LogP contribution < -0.4 is 19.1 Å². The van der Waals surface area contributed by atoms with Crippen LogP contribution in [0.15, 0.2) is 72.3 Å². The number of carbonyl (C=O) groups excluding carboxylic acids is 2. The number of carbonyl (C=O) groups is 2. The molecular formula is C30H31NO6. The topological polar surface area (TPSA) is 85.3 Å². The molecule has 0 bridgehead atoms. The Labute approximate surface area is 216 Å². The van der Waals surface area contributed by atoms with E-state index >= 15 is 0 Å². The Morgan fingerprint density at radius 2 is 1.43 bits per heavy atom. The summed E-state index contributed by atoms with van der Waals surface area (Å²) in [5.41, 5.74) is 2.27. The molecule has 192 valence electrons. The quantitative estimate of drug-likeness (QED) is 0.267. The smallest absolute Gasteiger partial charge is 0.300 e. The maximum Gasteiger partial charge on any atom is 0.300 e. The first-order chi connectivity index (χ1) is 17.6. The Morgan fingerprint density at radius 3 is 1.97 bits per heavy atom. The highest BCUT2D eigenvalue weighted by Crippen LogP contribution is 2.45. The number of ketones is 1. The predicted octanol–water partition coefficient (Wildman–Crippen LogP) is 5.64.